The van der Waals surface area contributed by atoms with Crippen molar-refractivity contribution in [3.05, 3.63) is 35.4 Å². The second-order valence-corrected chi connectivity index (χ2v) is 15.7. The highest BCUT2D eigenvalue weighted by Gasteiger charge is 2.25. The predicted molar refractivity (Wildman–Crippen MR) is 240 cm³/mol. The van der Waals surface area contributed by atoms with Gasteiger partial charge in [-0.2, -0.15) is 0 Å². The van der Waals surface area contributed by atoms with Gasteiger partial charge in [-0.1, -0.05) is 157 Å². The largest absolute Gasteiger partial charge is 0.490 e. The number of esters is 2. The molecule has 0 aliphatic heterocycles. The van der Waals surface area contributed by atoms with Crippen LogP contribution in [0.5, 0.6) is 34.5 Å². The lowest BCUT2D eigenvalue weighted by Crippen LogP contribution is -2.15. The topological polar surface area (TPSA) is 98.8 Å². The van der Waals surface area contributed by atoms with Crippen LogP contribution in [-0.4, -0.2) is 51.6 Å². The minimum absolute atomic E-state index is 0.149. The molecule has 0 amide bonds. The van der Waals surface area contributed by atoms with E-state index in [-0.39, 0.29) is 11.1 Å². The lowest BCUT2D eigenvalue weighted by Gasteiger charge is -2.19. The van der Waals surface area contributed by atoms with E-state index in [1.54, 1.807) is 24.3 Å². The van der Waals surface area contributed by atoms with Crippen LogP contribution in [0.1, 0.15) is 216 Å². The van der Waals surface area contributed by atoms with Gasteiger partial charge in [0.1, 0.15) is 0 Å². The zero-order valence-corrected chi connectivity index (χ0v) is 38.2. The average molecular weight is 827 g/mol. The van der Waals surface area contributed by atoms with Gasteiger partial charge in [0.05, 0.1) is 50.8 Å². The Morgan fingerprint density at radius 1 is 0.322 bits per heavy atom. The van der Waals surface area contributed by atoms with Gasteiger partial charge in [0.25, 0.3) is 0 Å². The van der Waals surface area contributed by atoms with Crippen molar-refractivity contribution in [2.24, 2.45) is 0 Å². The Morgan fingerprint density at radius 2 is 0.542 bits per heavy atom. The highest BCUT2D eigenvalue weighted by Crippen LogP contribution is 2.42. The van der Waals surface area contributed by atoms with Crippen molar-refractivity contribution < 1.29 is 42.7 Å². The molecule has 0 spiro atoms. The Hall–Kier alpha value is -3.62. The fraction of sp³-hybridized carbons (Fsp3) is 0.720. The number of ether oxygens (including phenoxy) is 7. The molecule has 9 heteroatoms. The predicted octanol–water partition coefficient (Wildman–Crippen LogP) is 14.4. The lowest BCUT2D eigenvalue weighted by molar-refractivity contribution is 0.0396. The third-order valence-corrected chi connectivity index (χ3v) is 10.2. The van der Waals surface area contributed by atoms with E-state index in [0.717, 1.165) is 154 Å². The van der Waals surface area contributed by atoms with Gasteiger partial charge in [-0.15, -0.1) is 0 Å². The zero-order chi connectivity index (χ0) is 42.8. The van der Waals surface area contributed by atoms with Crippen LogP contribution in [0.4, 0.5) is 0 Å². The molecule has 2 rings (SSSR count). The first kappa shape index (κ1) is 51.5. The molecule has 0 aliphatic rings. The van der Waals surface area contributed by atoms with Crippen molar-refractivity contribution in [1.29, 1.82) is 0 Å². The molecular formula is C50H82O9. The Bertz CT molecular complexity index is 1220. The normalized spacial score (nSPS) is 11.0. The zero-order valence-electron chi connectivity index (χ0n) is 38.2. The molecule has 336 valence electrons. The van der Waals surface area contributed by atoms with Crippen LogP contribution < -0.4 is 28.4 Å². The molecule has 0 saturated carbocycles. The van der Waals surface area contributed by atoms with E-state index in [1.165, 1.54) is 0 Å². The van der Waals surface area contributed by atoms with Gasteiger partial charge in [-0.25, -0.2) is 9.59 Å². The summed E-state index contributed by atoms with van der Waals surface area (Å²) in [5.74, 6) is 1.03. The molecule has 0 aliphatic carbocycles. The van der Waals surface area contributed by atoms with E-state index in [1.807, 2.05) is 0 Å². The Labute approximate surface area is 358 Å². The quantitative estimate of drug-likeness (QED) is 0.0372. The third-order valence-electron chi connectivity index (χ3n) is 10.2. The first-order valence-corrected chi connectivity index (χ1v) is 23.8. The van der Waals surface area contributed by atoms with Gasteiger partial charge in [-0.05, 0) is 62.8 Å². The number of hydrogen-bond acceptors (Lipinski definition) is 9. The second kappa shape index (κ2) is 34.1. The van der Waals surface area contributed by atoms with Crippen molar-refractivity contribution in [2.75, 3.05) is 39.6 Å². The van der Waals surface area contributed by atoms with E-state index in [4.69, 9.17) is 33.2 Å². The summed E-state index contributed by atoms with van der Waals surface area (Å²) in [7, 11) is 0. The highest BCUT2D eigenvalue weighted by molar-refractivity contribution is 6.03. The maximum absolute atomic E-state index is 13.9. The first-order chi connectivity index (χ1) is 28.9. The molecule has 0 N–H and O–H groups in total. The molecule has 9 nitrogen and oxygen atoms in total. The van der Waals surface area contributed by atoms with Gasteiger partial charge in [0, 0.05) is 0 Å². The minimum Gasteiger partial charge on any atom is -0.490 e. The fourth-order valence-electron chi connectivity index (χ4n) is 6.55. The Morgan fingerprint density at radius 3 is 0.763 bits per heavy atom. The SMILES string of the molecule is CCCCCCOc1cc(C(=O)OC(=O)c2cc(OCCCCCC)c(OCCCCCC)c(OCCCCCC)c2)cc(OCCCCCC)c1OCCCCCC. The molecule has 0 radical (unpaired) electrons. The number of benzene rings is 2. The summed E-state index contributed by atoms with van der Waals surface area (Å²) in [4.78, 5) is 27.9. The van der Waals surface area contributed by atoms with Gasteiger partial charge in [0.2, 0.25) is 11.5 Å². The number of unbranched alkanes of at least 4 members (excludes halogenated alkanes) is 18. The highest BCUT2D eigenvalue weighted by atomic mass is 16.6. The van der Waals surface area contributed by atoms with Gasteiger partial charge < -0.3 is 33.2 Å². The summed E-state index contributed by atoms with van der Waals surface area (Å²) in [6.45, 7) is 15.9. The summed E-state index contributed by atoms with van der Waals surface area (Å²) in [5.41, 5.74) is 0.297. The minimum atomic E-state index is -0.809. The number of carbonyl (C=O) groups is 2. The van der Waals surface area contributed by atoms with Crippen LogP contribution in [-0.2, 0) is 4.74 Å². The van der Waals surface area contributed by atoms with Gasteiger partial charge in [-0.3, -0.25) is 0 Å². The van der Waals surface area contributed by atoms with E-state index < -0.39 is 11.9 Å². The maximum Gasteiger partial charge on any atom is 0.346 e. The first-order valence-electron chi connectivity index (χ1n) is 23.8. The fourth-order valence-corrected chi connectivity index (χ4v) is 6.55. The Balaban J connectivity index is 2.49. The second-order valence-electron chi connectivity index (χ2n) is 15.7. The molecule has 59 heavy (non-hydrogen) atoms. The summed E-state index contributed by atoms with van der Waals surface area (Å²) in [6, 6.07) is 6.47. The average Bonchev–Trinajstić information content (AvgIpc) is 3.24. The van der Waals surface area contributed by atoms with E-state index in [2.05, 4.69) is 41.5 Å². The Kier molecular flexibility index (Phi) is 29.8. The number of rotatable bonds is 38. The van der Waals surface area contributed by atoms with E-state index in [9.17, 15) is 9.59 Å². The van der Waals surface area contributed by atoms with Crippen LogP contribution in [0.15, 0.2) is 24.3 Å². The van der Waals surface area contributed by atoms with Crippen molar-refractivity contribution in [3.63, 3.8) is 0 Å². The van der Waals surface area contributed by atoms with E-state index in [0.29, 0.717) is 74.1 Å². The summed E-state index contributed by atoms with van der Waals surface area (Å²) in [6.07, 6.45) is 25.0. The molecule has 2 aromatic carbocycles. The number of hydrogen-bond donors (Lipinski definition) is 0. The van der Waals surface area contributed by atoms with Gasteiger partial charge >= 0.3 is 11.9 Å². The van der Waals surface area contributed by atoms with E-state index >= 15 is 0 Å². The van der Waals surface area contributed by atoms with Crippen LogP contribution in [0.3, 0.4) is 0 Å². The summed E-state index contributed by atoms with van der Waals surface area (Å²) in [5, 5.41) is 0. The lowest BCUT2D eigenvalue weighted by atomic mass is 10.1. The smallest absolute Gasteiger partial charge is 0.346 e. The van der Waals surface area contributed by atoms with Gasteiger partial charge in [0.15, 0.2) is 23.0 Å². The molecule has 0 fully saturated rings. The monoisotopic (exact) mass is 827 g/mol. The molecule has 0 bridgehead atoms. The van der Waals surface area contributed by atoms with Crippen molar-refractivity contribution in [1.82, 2.24) is 0 Å². The van der Waals surface area contributed by atoms with Crippen LogP contribution >= 0.6 is 0 Å². The standard InChI is InChI=1S/C50H82O9/c1-7-13-19-25-31-53-43-37-41(38-44(54-32-26-20-14-8-2)47(43)57-35-29-23-17-11-5)49(51)59-50(52)42-39-45(55-33-27-21-15-9-3)48(58-36-30-24-18-12-6)46(40-42)56-34-28-22-16-10-4/h37-40H,7-36H2,1-6H3. The van der Waals surface area contributed by atoms with Crippen molar-refractivity contribution in [3.8, 4) is 34.5 Å². The van der Waals surface area contributed by atoms with Crippen LogP contribution in [0, 0.1) is 0 Å². The number of carbonyl (C=O) groups excluding carboxylic acids is 2. The molecule has 0 unspecified atom stereocenters. The van der Waals surface area contributed by atoms with Crippen LogP contribution in [0.25, 0.3) is 0 Å². The molecular weight excluding hydrogens is 745 g/mol. The molecule has 0 saturated heterocycles. The molecule has 0 atom stereocenters. The molecule has 0 aromatic heterocycles. The van der Waals surface area contributed by atoms with Crippen molar-refractivity contribution in [2.45, 2.75) is 196 Å². The molecule has 0 heterocycles. The third kappa shape index (κ3) is 22.0. The van der Waals surface area contributed by atoms with Crippen molar-refractivity contribution >= 4 is 11.9 Å². The summed E-state index contributed by atoms with van der Waals surface area (Å²) < 4.78 is 43.5. The molecule has 2 aromatic rings. The maximum atomic E-state index is 13.9. The van der Waals surface area contributed by atoms with Crippen LogP contribution in [0.2, 0.25) is 0 Å². The summed E-state index contributed by atoms with van der Waals surface area (Å²) >= 11 is 0.